The molecule has 1 unspecified atom stereocenters. The summed E-state index contributed by atoms with van der Waals surface area (Å²) >= 11 is 1.68. The number of nitrogens with one attached hydrogen (secondary N) is 1. The van der Waals surface area contributed by atoms with Crippen LogP contribution < -0.4 is 5.32 Å². The Balaban J connectivity index is 2.13. The number of likely N-dealkylation sites (N-methyl/N-ethyl adjacent to an activating group) is 1. The summed E-state index contributed by atoms with van der Waals surface area (Å²) < 4.78 is 0. The predicted molar refractivity (Wildman–Crippen MR) is 71.0 cm³/mol. The summed E-state index contributed by atoms with van der Waals surface area (Å²) in [7, 11) is 1.96. The van der Waals surface area contributed by atoms with Gasteiger partial charge in [-0.05, 0) is 18.7 Å². The van der Waals surface area contributed by atoms with E-state index in [1.165, 1.54) is 5.56 Å². The van der Waals surface area contributed by atoms with Crippen LogP contribution >= 0.6 is 11.8 Å². The van der Waals surface area contributed by atoms with E-state index < -0.39 is 0 Å². The smallest absolute Gasteiger partial charge is 0.188 e. The first kappa shape index (κ1) is 12.1. The van der Waals surface area contributed by atoms with E-state index in [2.05, 4.69) is 39.6 Å². The molecule has 0 bridgehead atoms. The number of benzene rings is 1. The Morgan fingerprint density at radius 1 is 1.12 bits per heavy atom. The Morgan fingerprint density at radius 3 is 2.47 bits per heavy atom. The highest BCUT2D eigenvalue weighted by molar-refractivity contribution is 7.99. The molecule has 1 N–H and O–H groups in total. The molecule has 0 aliphatic heterocycles. The summed E-state index contributed by atoms with van der Waals surface area (Å²) in [5.74, 6) is 0. The van der Waals surface area contributed by atoms with Crippen molar-refractivity contribution in [2.45, 2.75) is 10.4 Å². The molecule has 0 fully saturated rings. The van der Waals surface area contributed by atoms with E-state index in [9.17, 15) is 0 Å². The fraction of sp³-hybridized carbons (Fsp3) is 0.231. The van der Waals surface area contributed by atoms with Gasteiger partial charge >= 0.3 is 0 Å². The molecule has 0 saturated heterocycles. The second-order valence-corrected chi connectivity index (χ2v) is 4.78. The summed E-state index contributed by atoms with van der Waals surface area (Å²) in [6.45, 7) is 0.896. The van der Waals surface area contributed by atoms with Gasteiger partial charge in [-0.1, -0.05) is 42.1 Å². The molecule has 0 spiro atoms. The number of hydrogen-bond acceptors (Lipinski definition) is 4. The zero-order chi connectivity index (χ0) is 11.9. The van der Waals surface area contributed by atoms with Crippen LogP contribution in [0.1, 0.15) is 10.8 Å². The average Bonchev–Trinajstić information content (AvgIpc) is 2.40. The van der Waals surface area contributed by atoms with Crippen molar-refractivity contribution in [3.8, 4) is 0 Å². The molecule has 0 saturated carbocycles. The van der Waals surface area contributed by atoms with Crippen LogP contribution in [-0.4, -0.2) is 23.6 Å². The summed E-state index contributed by atoms with van der Waals surface area (Å²) in [5, 5.41) is 4.36. The second-order valence-electron chi connectivity index (χ2n) is 3.61. The van der Waals surface area contributed by atoms with E-state index in [0.717, 1.165) is 11.7 Å². The van der Waals surface area contributed by atoms with Crippen LogP contribution in [0, 0.1) is 0 Å². The molecule has 0 aliphatic rings. The van der Waals surface area contributed by atoms with E-state index in [1.807, 2.05) is 19.2 Å². The highest BCUT2D eigenvalue weighted by Gasteiger charge is 2.13. The Kier molecular flexibility index (Phi) is 4.53. The molecule has 88 valence electrons. The van der Waals surface area contributed by atoms with Gasteiger partial charge in [-0.2, -0.15) is 0 Å². The summed E-state index contributed by atoms with van der Waals surface area (Å²) in [6.07, 6.45) is 3.55. The lowest BCUT2D eigenvalue weighted by molar-refractivity contribution is 0.773. The quantitative estimate of drug-likeness (QED) is 0.649. The van der Waals surface area contributed by atoms with Crippen molar-refractivity contribution in [3.63, 3.8) is 0 Å². The van der Waals surface area contributed by atoms with E-state index in [0.29, 0.717) is 5.25 Å². The van der Waals surface area contributed by atoms with Gasteiger partial charge in [0.15, 0.2) is 5.16 Å². The minimum absolute atomic E-state index is 0.337. The topological polar surface area (TPSA) is 37.8 Å². The first-order valence-electron chi connectivity index (χ1n) is 5.53. The number of rotatable bonds is 5. The SMILES string of the molecule is CNCC(Sc1ncccn1)c1ccccc1. The second kappa shape index (κ2) is 6.37. The number of nitrogens with zero attached hydrogens (tertiary/aromatic N) is 2. The van der Waals surface area contributed by atoms with Crippen LogP contribution in [0.3, 0.4) is 0 Å². The number of aromatic nitrogens is 2. The van der Waals surface area contributed by atoms with Gasteiger partial charge in [0.2, 0.25) is 0 Å². The zero-order valence-electron chi connectivity index (χ0n) is 9.71. The molecule has 0 radical (unpaired) electrons. The van der Waals surface area contributed by atoms with E-state index in [1.54, 1.807) is 24.2 Å². The minimum atomic E-state index is 0.337. The predicted octanol–water partition coefficient (Wildman–Crippen LogP) is 2.53. The number of hydrogen-bond donors (Lipinski definition) is 1. The van der Waals surface area contributed by atoms with Crippen LogP contribution in [0.5, 0.6) is 0 Å². The summed E-state index contributed by atoms with van der Waals surface area (Å²) in [5.41, 5.74) is 1.29. The highest BCUT2D eigenvalue weighted by atomic mass is 32.2. The van der Waals surface area contributed by atoms with Crippen molar-refractivity contribution in [3.05, 3.63) is 54.4 Å². The third-order valence-corrected chi connectivity index (χ3v) is 3.50. The van der Waals surface area contributed by atoms with Crippen molar-refractivity contribution in [2.24, 2.45) is 0 Å². The van der Waals surface area contributed by atoms with E-state index in [4.69, 9.17) is 0 Å². The minimum Gasteiger partial charge on any atom is -0.318 e. The molecule has 3 nitrogen and oxygen atoms in total. The van der Waals surface area contributed by atoms with Crippen molar-refractivity contribution < 1.29 is 0 Å². The summed E-state index contributed by atoms with van der Waals surface area (Å²) in [4.78, 5) is 8.50. The van der Waals surface area contributed by atoms with Crippen LogP contribution in [0.2, 0.25) is 0 Å². The van der Waals surface area contributed by atoms with Crippen molar-refractivity contribution in [1.82, 2.24) is 15.3 Å². The third kappa shape index (κ3) is 3.54. The molecule has 17 heavy (non-hydrogen) atoms. The molecule has 0 amide bonds. The molecule has 1 heterocycles. The molecule has 2 rings (SSSR count). The monoisotopic (exact) mass is 245 g/mol. The molecular formula is C13H15N3S. The molecule has 4 heteroatoms. The zero-order valence-corrected chi connectivity index (χ0v) is 10.5. The molecular weight excluding hydrogens is 230 g/mol. The Bertz CT molecular complexity index is 433. The lowest BCUT2D eigenvalue weighted by atomic mass is 10.1. The molecule has 2 aromatic rings. The average molecular weight is 245 g/mol. The standard InChI is InChI=1S/C13H15N3S/c1-14-10-12(11-6-3-2-4-7-11)17-13-15-8-5-9-16-13/h2-9,12,14H,10H2,1H3. The lowest BCUT2D eigenvalue weighted by Crippen LogP contribution is -2.15. The first-order chi connectivity index (χ1) is 8.40. The van der Waals surface area contributed by atoms with Gasteiger partial charge in [0, 0.05) is 24.2 Å². The normalized spacial score (nSPS) is 12.3. The maximum absolute atomic E-state index is 4.25. The van der Waals surface area contributed by atoms with E-state index in [-0.39, 0.29) is 0 Å². The van der Waals surface area contributed by atoms with Gasteiger partial charge < -0.3 is 5.32 Å². The highest BCUT2D eigenvalue weighted by Crippen LogP contribution is 2.32. The van der Waals surface area contributed by atoms with Crippen LogP contribution in [0.15, 0.2) is 53.9 Å². The number of thioether (sulfide) groups is 1. The Labute approximate surface area is 106 Å². The molecule has 1 aromatic heterocycles. The Hall–Kier alpha value is -1.39. The largest absolute Gasteiger partial charge is 0.318 e. The van der Waals surface area contributed by atoms with Crippen LogP contribution in [0.25, 0.3) is 0 Å². The fourth-order valence-electron chi connectivity index (χ4n) is 1.55. The maximum atomic E-state index is 4.25. The van der Waals surface area contributed by atoms with Crippen LogP contribution in [0.4, 0.5) is 0 Å². The Morgan fingerprint density at radius 2 is 1.82 bits per heavy atom. The van der Waals surface area contributed by atoms with Crippen LogP contribution in [-0.2, 0) is 0 Å². The maximum Gasteiger partial charge on any atom is 0.188 e. The lowest BCUT2D eigenvalue weighted by Gasteiger charge is -2.15. The molecule has 1 aromatic carbocycles. The van der Waals surface area contributed by atoms with Gasteiger partial charge in [0.25, 0.3) is 0 Å². The van der Waals surface area contributed by atoms with Crippen molar-refractivity contribution in [1.29, 1.82) is 0 Å². The van der Waals surface area contributed by atoms with Gasteiger partial charge in [-0.3, -0.25) is 0 Å². The fourth-order valence-corrected chi connectivity index (χ4v) is 2.60. The van der Waals surface area contributed by atoms with Gasteiger partial charge in [-0.25, -0.2) is 9.97 Å². The van der Waals surface area contributed by atoms with Gasteiger partial charge in [-0.15, -0.1) is 0 Å². The van der Waals surface area contributed by atoms with Gasteiger partial charge in [0.05, 0.1) is 0 Å². The van der Waals surface area contributed by atoms with Crippen molar-refractivity contribution >= 4 is 11.8 Å². The molecule has 0 aliphatic carbocycles. The third-order valence-electron chi connectivity index (χ3n) is 2.35. The van der Waals surface area contributed by atoms with E-state index >= 15 is 0 Å². The summed E-state index contributed by atoms with van der Waals surface area (Å²) in [6, 6.07) is 12.3. The molecule has 1 atom stereocenters. The van der Waals surface area contributed by atoms with Crippen molar-refractivity contribution in [2.75, 3.05) is 13.6 Å². The van der Waals surface area contributed by atoms with Gasteiger partial charge in [0.1, 0.15) is 0 Å². The first-order valence-corrected chi connectivity index (χ1v) is 6.41.